The number of carbonyl (C=O) groups is 1. The normalized spacial score (nSPS) is 9.56. The Bertz CT molecular complexity index is 412. The average molecular weight is 237 g/mol. The number of alkyl halides is 1. The molecule has 1 aromatic carbocycles. The summed E-state index contributed by atoms with van der Waals surface area (Å²) in [6.45, 7) is 0. The second-order valence-electron chi connectivity index (χ2n) is 3.41. The second-order valence-corrected chi connectivity index (χ2v) is 3.79. The second kappa shape index (κ2) is 6.14. The van der Waals surface area contributed by atoms with Gasteiger partial charge in [0.1, 0.15) is 0 Å². The molecule has 4 heteroatoms. The quantitative estimate of drug-likeness (QED) is 0.754. The van der Waals surface area contributed by atoms with Gasteiger partial charge in [-0.15, -0.1) is 11.6 Å². The minimum Gasteiger partial charge on any atom is -0.315 e. The van der Waals surface area contributed by atoms with Crippen molar-refractivity contribution >= 4 is 23.2 Å². The molecule has 0 atom stereocenters. The Morgan fingerprint density at radius 3 is 2.94 bits per heavy atom. The van der Waals surface area contributed by atoms with Gasteiger partial charge in [-0.1, -0.05) is 6.07 Å². The molecule has 3 nitrogen and oxygen atoms in total. The van der Waals surface area contributed by atoms with Crippen molar-refractivity contribution in [3.05, 3.63) is 29.8 Å². The molecule has 1 rings (SSSR count). The highest BCUT2D eigenvalue weighted by Crippen LogP contribution is 2.15. The minimum atomic E-state index is 0.00994. The first-order valence-electron chi connectivity index (χ1n) is 5.01. The van der Waals surface area contributed by atoms with E-state index in [0.717, 1.165) is 5.69 Å². The largest absolute Gasteiger partial charge is 0.315 e. The number of amides is 1. The molecule has 16 heavy (non-hydrogen) atoms. The fraction of sp³-hybridized carbons (Fsp3) is 0.333. The summed E-state index contributed by atoms with van der Waals surface area (Å²) in [4.78, 5) is 13.2. The van der Waals surface area contributed by atoms with Crippen LogP contribution in [-0.2, 0) is 4.79 Å². The van der Waals surface area contributed by atoms with E-state index in [1.165, 1.54) is 0 Å². The van der Waals surface area contributed by atoms with Gasteiger partial charge in [0.05, 0.1) is 11.6 Å². The molecule has 0 N–H and O–H groups in total. The predicted octanol–water partition coefficient (Wildman–Crippen LogP) is 2.54. The zero-order valence-electron chi connectivity index (χ0n) is 9.11. The van der Waals surface area contributed by atoms with Crippen LogP contribution in [0.15, 0.2) is 24.3 Å². The predicted molar refractivity (Wildman–Crippen MR) is 64.5 cm³/mol. The highest BCUT2D eigenvalue weighted by atomic mass is 35.5. The molecule has 0 aromatic heterocycles. The SMILES string of the molecule is CN(C(=O)CCCCl)c1cccc(C#N)c1. The monoisotopic (exact) mass is 236 g/mol. The van der Waals surface area contributed by atoms with Gasteiger partial charge in [0.25, 0.3) is 0 Å². The molecule has 0 saturated heterocycles. The van der Waals surface area contributed by atoms with Crippen LogP contribution in [0.3, 0.4) is 0 Å². The third-order valence-corrected chi connectivity index (χ3v) is 2.53. The number of nitrogens with zero attached hydrogens (tertiary/aromatic N) is 2. The van der Waals surface area contributed by atoms with E-state index in [-0.39, 0.29) is 5.91 Å². The van der Waals surface area contributed by atoms with E-state index in [9.17, 15) is 4.79 Å². The maximum Gasteiger partial charge on any atom is 0.226 e. The molecular weight excluding hydrogens is 224 g/mol. The van der Waals surface area contributed by atoms with E-state index < -0.39 is 0 Å². The summed E-state index contributed by atoms with van der Waals surface area (Å²) in [6.07, 6.45) is 1.10. The Labute approximate surface area is 100 Å². The number of hydrogen-bond donors (Lipinski definition) is 0. The zero-order chi connectivity index (χ0) is 12.0. The highest BCUT2D eigenvalue weighted by molar-refractivity contribution is 6.18. The van der Waals surface area contributed by atoms with Gasteiger partial charge in [-0.05, 0) is 24.6 Å². The maximum atomic E-state index is 11.7. The smallest absolute Gasteiger partial charge is 0.226 e. The fourth-order valence-electron chi connectivity index (χ4n) is 1.31. The summed E-state index contributed by atoms with van der Waals surface area (Å²) in [6, 6.07) is 9.02. The van der Waals surface area contributed by atoms with Crippen molar-refractivity contribution in [1.82, 2.24) is 0 Å². The molecule has 0 fully saturated rings. The number of carbonyl (C=O) groups excluding carboxylic acids is 1. The van der Waals surface area contributed by atoms with Crippen LogP contribution in [-0.4, -0.2) is 18.8 Å². The number of benzene rings is 1. The molecule has 0 heterocycles. The lowest BCUT2D eigenvalue weighted by molar-refractivity contribution is -0.118. The first-order valence-corrected chi connectivity index (χ1v) is 5.55. The van der Waals surface area contributed by atoms with Crippen LogP contribution in [0.4, 0.5) is 5.69 Å². The van der Waals surface area contributed by atoms with Gasteiger partial charge >= 0.3 is 0 Å². The summed E-state index contributed by atoms with van der Waals surface area (Å²) in [5.41, 5.74) is 1.29. The number of halogens is 1. The number of nitriles is 1. The van der Waals surface area contributed by atoms with E-state index in [2.05, 4.69) is 0 Å². The fourth-order valence-corrected chi connectivity index (χ4v) is 1.45. The van der Waals surface area contributed by atoms with Crippen molar-refractivity contribution in [1.29, 1.82) is 5.26 Å². The third-order valence-electron chi connectivity index (χ3n) is 2.26. The molecule has 0 aliphatic carbocycles. The van der Waals surface area contributed by atoms with E-state index in [1.807, 2.05) is 6.07 Å². The van der Waals surface area contributed by atoms with Gasteiger partial charge in [-0.25, -0.2) is 0 Å². The molecule has 0 aliphatic rings. The average Bonchev–Trinajstić information content (AvgIpc) is 2.35. The van der Waals surface area contributed by atoms with Crippen molar-refractivity contribution in [3.63, 3.8) is 0 Å². The molecule has 1 amide bonds. The lowest BCUT2D eigenvalue weighted by atomic mass is 10.2. The van der Waals surface area contributed by atoms with E-state index >= 15 is 0 Å². The van der Waals surface area contributed by atoms with Crippen LogP contribution < -0.4 is 4.90 Å². The van der Waals surface area contributed by atoms with Crippen LogP contribution in [0.5, 0.6) is 0 Å². The van der Waals surface area contributed by atoms with E-state index in [0.29, 0.717) is 24.3 Å². The molecule has 0 radical (unpaired) electrons. The molecular formula is C12H13ClN2O. The summed E-state index contributed by atoms with van der Waals surface area (Å²) in [7, 11) is 1.70. The summed E-state index contributed by atoms with van der Waals surface area (Å²) >= 11 is 5.53. The van der Waals surface area contributed by atoms with Crippen LogP contribution >= 0.6 is 11.6 Å². The van der Waals surface area contributed by atoms with E-state index in [1.54, 1.807) is 36.2 Å². The Balaban J connectivity index is 2.76. The first-order chi connectivity index (χ1) is 7.69. The van der Waals surface area contributed by atoms with Crippen molar-refractivity contribution in [2.45, 2.75) is 12.8 Å². The third kappa shape index (κ3) is 3.25. The molecule has 1 aromatic rings. The Morgan fingerprint density at radius 2 is 2.31 bits per heavy atom. The summed E-state index contributed by atoms with van der Waals surface area (Å²) in [5.74, 6) is 0.494. The molecule has 0 saturated carbocycles. The van der Waals surface area contributed by atoms with Crippen molar-refractivity contribution < 1.29 is 4.79 Å². The van der Waals surface area contributed by atoms with Crippen LogP contribution in [0.1, 0.15) is 18.4 Å². The molecule has 0 aliphatic heterocycles. The van der Waals surface area contributed by atoms with Crippen molar-refractivity contribution in [3.8, 4) is 6.07 Å². The van der Waals surface area contributed by atoms with Crippen molar-refractivity contribution in [2.75, 3.05) is 17.8 Å². The van der Waals surface area contributed by atoms with Gasteiger partial charge in [-0.2, -0.15) is 5.26 Å². The molecule has 0 spiro atoms. The Morgan fingerprint density at radius 1 is 1.56 bits per heavy atom. The number of anilines is 1. The Hall–Kier alpha value is -1.53. The van der Waals surface area contributed by atoms with Crippen LogP contribution in [0, 0.1) is 11.3 Å². The zero-order valence-corrected chi connectivity index (χ0v) is 9.87. The van der Waals surface area contributed by atoms with Gasteiger partial charge < -0.3 is 4.90 Å². The molecule has 0 bridgehead atoms. The lowest BCUT2D eigenvalue weighted by Crippen LogP contribution is -2.25. The van der Waals surface area contributed by atoms with Gasteiger partial charge in [0.15, 0.2) is 0 Å². The van der Waals surface area contributed by atoms with Crippen molar-refractivity contribution in [2.24, 2.45) is 0 Å². The van der Waals surface area contributed by atoms with Crippen LogP contribution in [0.25, 0.3) is 0 Å². The highest BCUT2D eigenvalue weighted by Gasteiger charge is 2.10. The number of hydrogen-bond acceptors (Lipinski definition) is 2. The minimum absolute atomic E-state index is 0.00994. The van der Waals surface area contributed by atoms with Gasteiger partial charge in [0.2, 0.25) is 5.91 Å². The maximum absolute atomic E-state index is 11.7. The number of rotatable bonds is 4. The van der Waals surface area contributed by atoms with Crippen LogP contribution in [0.2, 0.25) is 0 Å². The lowest BCUT2D eigenvalue weighted by Gasteiger charge is -2.17. The standard InChI is InChI=1S/C12H13ClN2O/c1-15(12(16)6-3-7-13)11-5-2-4-10(8-11)9-14/h2,4-5,8H,3,6-7H2,1H3. The Kier molecular flexibility index (Phi) is 4.81. The molecule has 84 valence electrons. The van der Waals surface area contributed by atoms with E-state index in [4.69, 9.17) is 16.9 Å². The summed E-state index contributed by atoms with van der Waals surface area (Å²) in [5, 5.41) is 8.75. The molecule has 0 unspecified atom stereocenters. The summed E-state index contributed by atoms with van der Waals surface area (Å²) < 4.78 is 0. The van der Waals surface area contributed by atoms with Gasteiger partial charge in [0, 0.05) is 25.0 Å². The first kappa shape index (κ1) is 12.5. The topological polar surface area (TPSA) is 44.1 Å². The van der Waals surface area contributed by atoms with Gasteiger partial charge in [-0.3, -0.25) is 4.79 Å².